The van der Waals surface area contributed by atoms with Crippen molar-refractivity contribution < 1.29 is 4.74 Å². The van der Waals surface area contributed by atoms with E-state index in [1.807, 2.05) is 13.1 Å². The van der Waals surface area contributed by atoms with Crippen LogP contribution in [0, 0.1) is 5.92 Å². The highest BCUT2D eigenvalue weighted by atomic mass is 127. The second kappa shape index (κ2) is 15.7. The second-order valence-corrected chi connectivity index (χ2v) is 6.16. The summed E-state index contributed by atoms with van der Waals surface area (Å²) in [5.41, 5.74) is 1.34. The standard InChI is InChI=1S/C19H33N3O.HI/c1-17(2)11-14-22-19(20-3)21-13-7-8-15-23-16-12-18-9-5-4-6-10-18;/h4-6,9-10,17H,7-8,11-16H2,1-3H3,(H2,20,21,22);1H. The number of hydrogen-bond donors (Lipinski definition) is 2. The first kappa shape index (κ1) is 23.2. The maximum atomic E-state index is 5.69. The number of unbranched alkanes of at least 4 members (excludes halogenated alkanes) is 1. The Hall–Kier alpha value is -0.820. The van der Waals surface area contributed by atoms with Gasteiger partial charge in [-0.1, -0.05) is 44.2 Å². The summed E-state index contributed by atoms with van der Waals surface area (Å²) in [6.45, 7) is 8.00. The molecule has 0 saturated carbocycles. The third-order valence-electron chi connectivity index (χ3n) is 3.62. The second-order valence-electron chi connectivity index (χ2n) is 6.16. The van der Waals surface area contributed by atoms with Gasteiger partial charge in [0.15, 0.2) is 5.96 Å². The fourth-order valence-electron chi connectivity index (χ4n) is 2.17. The number of halogens is 1. The number of guanidine groups is 1. The van der Waals surface area contributed by atoms with Gasteiger partial charge in [-0.15, -0.1) is 24.0 Å². The molecule has 0 spiro atoms. The van der Waals surface area contributed by atoms with E-state index >= 15 is 0 Å². The lowest BCUT2D eigenvalue weighted by molar-refractivity contribution is 0.133. The van der Waals surface area contributed by atoms with Crippen molar-refractivity contribution in [2.45, 2.75) is 39.5 Å². The summed E-state index contributed by atoms with van der Waals surface area (Å²) in [4.78, 5) is 4.23. The van der Waals surface area contributed by atoms with Gasteiger partial charge in [0.2, 0.25) is 0 Å². The normalized spacial score (nSPS) is 11.2. The van der Waals surface area contributed by atoms with Crippen LogP contribution in [-0.4, -0.2) is 39.3 Å². The molecular formula is C19H34IN3O. The number of hydrogen-bond acceptors (Lipinski definition) is 2. The summed E-state index contributed by atoms with van der Waals surface area (Å²) < 4.78 is 5.69. The molecule has 1 rings (SSSR count). The number of rotatable bonds is 11. The maximum absolute atomic E-state index is 5.69. The molecule has 5 heteroatoms. The first-order chi connectivity index (χ1) is 11.2. The summed E-state index contributed by atoms with van der Waals surface area (Å²) in [7, 11) is 1.82. The fraction of sp³-hybridized carbons (Fsp3) is 0.632. The zero-order chi connectivity index (χ0) is 16.8. The summed E-state index contributed by atoms with van der Waals surface area (Å²) in [5, 5.41) is 6.68. The van der Waals surface area contributed by atoms with Gasteiger partial charge in [-0.25, -0.2) is 0 Å². The van der Waals surface area contributed by atoms with Crippen molar-refractivity contribution in [3.63, 3.8) is 0 Å². The van der Waals surface area contributed by atoms with Crippen molar-refractivity contribution in [2.75, 3.05) is 33.4 Å². The van der Waals surface area contributed by atoms with Crippen LogP contribution in [0.5, 0.6) is 0 Å². The summed E-state index contributed by atoms with van der Waals surface area (Å²) in [6, 6.07) is 10.5. The highest BCUT2D eigenvalue weighted by Crippen LogP contribution is 2.00. The molecular weight excluding hydrogens is 413 g/mol. The van der Waals surface area contributed by atoms with E-state index in [0.717, 1.165) is 57.9 Å². The van der Waals surface area contributed by atoms with Gasteiger partial charge in [0.05, 0.1) is 6.61 Å². The van der Waals surface area contributed by atoms with Crippen LogP contribution in [0.2, 0.25) is 0 Å². The zero-order valence-electron chi connectivity index (χ0n) is 15.4. The predicted octanol–water partition coefficient (Wildman–Crippen LogP) is 3.86. The van der Waals surface area contributed by atoms with Crippen LogP contribution >= 0.6 is 24.0 Å². The van der Waals surface area contributed by atoms with Gasteiger partial charge in [0.25, 0.3) is 0 Å². The molecule has 4 nitrogen and oxygen atoms in total. The Morgan fingerprint density at radius 3 is 2.42 bits per heavy atom. The van der Waals surface area contributed by atoms with Gasteiger partial charge in [-0.3, -0.25) is 4.99 Å². The average molecular weight is 447 g/mol. The van der Waals surface area contributed by atoms with Crippen LogP contribution < -0.4 is 10.6 Å². The third-order valence-corrected chi connectivity index (χ3v) is 3.62. The number of ether oxygens (including phenoxy) is 1. The topological polar surface area (TPSA) is 45.7 Å². The van der Waals surface area contributed by atoms with Crippen molar-refractivity contribution in [3.05, 3.63) is 35.9 Å². The van der Waals surface area contributed by atoms with Gasteiger partial charge in [-0.05, 0) is 37.2 Å². The van der Waals surface area contributed by atoms with Crippen molar-refractivity contribution in [3.8, 4) is 0 Å². The van der Waals surface area contributed by atoms with E-state index in [4.69, 9.17) is 4.74 Å². The van der Waals surface area contributed by atoms with E-state index in [-0.39, 0.29) is 24.0 Å². The van der Waals surface area contributed by atoms with Gasteiger partial charge >= 0.3 is 0 Å². The molecule has 0 aliphatic heterocycles. The lowest BCUT2D eigenvalue weighted by Gasteiger charge is -2.12. The molecule has 0 radical (unpaired) electrons. The van der Waals surface area contributed by atoms with Crippen LogP contribution in [0.25, 0.3) is 0 Å². The molecule has 24 heavy (non-hydrogen) atoms. The SMILES string of the molecule is CN=C(NCCCCOCCc1ccccc1)NCCC(C)C.I. The van der Waals surface area contributed by atoms with Crippen LogP contribution in [0.1, 0.15) is 38.7 Å². The molecule has 1 aromatic carbocycles. The number of nitrogens with one attached hydrogen (secondary N) is 2. The third kappa shape index (κ3) is 12.6. The minimum Gasteiger partial charge on any atom is -0.381 e. The molecule has 0 saturated heterocycles. The molecule has 0 aliphatic rings. The van der Waals surface area contributed by atoms with E-state index < -0.39 is 0 Å². The molecule has 0 unspecified atom stereocenters. The quantitative estimate of drug-likeness (QED) is 0.235. The van der Waals surface area contributed by atoms with E-state index in [0.29, 0.717) is 5.92 Å². The summed E-state index contributed by atoms with van der Waals surface area (Å²) >= 11 is 0. The summed E-state index contributed by atoms with van der Waals surface area (Å²) in [6.07, 6.45) is 4.32. The Labute approximate surface area is 164 Å². The molecule has 0 atom stereocenters. The van der Waals surface area contributed by atoms with Gasteiger partial charge in [0.1, 0.15) is 0 Å². The molecule has 138 valence electrons. The van der Waals surface area contributed by atoms with Crippen molar-refractivity contribution >= 4 is 29.9 Å². The Morgan fingerprint density at radius 1 is 1.04 bits per heavy atom. The smallest absolute Gasteiger partial charge is 0.190 e. The van der Waals surface area contributed by atoms with Gasteiger partial charge < -0.3 is 15.4 Å². The molecule has 0 amide bonds. The first-order valence-electron chi connectivity index (χ1n) is 8.78. The Balaban J connectivity index is 0.00000529. The summed E-state index contributed by atoms with van der Waals surface area (Å²) in [5.74, 6) is 1.62. The minimum absolute atomic E-state index is 0. The van der Waals surface area contributed by atoms with Crippen LogP contribution in [0.15, 0.2) is 35.3 Å². The number of benzene rings is 1. The van der Waals surface area contributed by atoms with Crippen molar-refractivity contribution in [2.24, 2.45) is 10.9 Å². The van der Waals surface area contributed by atoms with E-state index in [2.05, 4.69) is 53.7 Å². The van der Waals surface area contributed by atoms with Crippen LogP contribution in [-0.2, 0) is 11.2 Å². The van der Waals surface area contributed by atoms with Crippen LogP contribution in [0.4, 0.5) is 0 Å². The zero-order valence-corrected chi connectivity index (χ0v) is 17.7. The minimum atomic E-state index is 0. The fourth-order valence-corrected chi connectivity index (χ4v) is 2.17. The molecule has 0 aromatic heterocycles. The number of nitrogens with zero attached hydrogens (tertiary/aromatic N) is 1. The highest BCUT2D eigenvalue weighted by Gasteiger charge is 1.98. The Kier molecular flexibility index (Phi) is 15.2. The van der Waals surface area contributed by atoms with Gasteiger partial charge in [-0.2, -0.15) is 0 Å². The van der Waals surface area contributed by atoms with E-state index in [1.54, 1.807) is 0 Å². The molecule has 2 N–H and O–H groups in total. The predicted molar refractivity (Wildman–Crippen MR) is 114 cm³/mol. The molecule has 1 aromatic rings. The molecule has 0 heterocycles. The average Bonchev–Trinajstić information content (AvgIpc) is 2.56. The van der Waals surface area contributed by atoms with Crippen LogP contribution in [0.3, 0.4) is 0 Å². The Bertz CT molecular complexity index is 424. The highest BCUT2D eigenvalue weighted by molar-refractivity contribution is 14.0. The van der Waals surface area contributed by atoms with Crippen molar-refractivity contribution in [1.82, 2.24) is 10.6 Å². The van der Waals surface area contributed by atoms with E-state index in [9.17, 15) is 0 Å². The lowest BCUT2D eigenvalue weighted by atomic mass is 10.1. The molecule has 0 aliphatic carbocycles. The largest absolute Gasteiger partial charge is 0.381 e. The number of aliphatic imine (C=N–C) groups is 1. The first-order valence-corrected chi connectivity index (χ1v) is 8.78. The van der Waals surface area contributed by atoms with E-state index in [1.165, 1.54) is 5.56 Å². The van der Waals surface area contributed by atoms with Crippen molar-refractivity contribution in [1.29, 1.82) is 0 Å². The lowest BCUT2D eigenvalue weighted by Crippen LogP contribution is -2.38. The van der Waals surface area contributed by atoms with Gasteiger partial charge in [0, 0.05) is 26.7 Å². The maximum Gasteiger partial charge on any atom is 0.190 e. The monoisotopic (exact) mass is 447 g/mol. The molecule has 0 bridgehead atoms. The Morgan fingerprint density at radius 2 is 1.75 bits per heavy atom. The molecule has 0 fully saturated rings.